The molecule has 0 radical (unpaired) electrons. The number of rotatable bonds is 8. The van der Waals surface area contributed by atoms with Gasteiger partial charge in [0.1, 0.15) is 11.2 Å². The summed E-state index contributed by atoms with van der Waals surface area (Å²) in [4.78, 5) is 0. The first-order valence-electron chi connectivity index (χ1n) is 44.8. The minimum absolute atomic E-state index is 0.322. The maximum absolute atomic E-state index is 6.19. The third-order valence-corrected chi connectivity index (χ3v) is 30.3. The lowest BCUT2D eigenvalue weighted by Gasteiger charge is -2.33. The van der Waals surface area contributed by atoms with Crippen LogP contribution in [0, 0.1) is 0 Å². The molecule has 0 saturated heterocycles. The maximum atomic E-state index is 6.19. The standard InChI is InChI=1S/C50H33N.C37H23NO.C37H23NS/c1-3-16-33(17-4-1)49(34-18-5-2-6-19-34)41-24-11-9-22-38(41)40-32-35(30-31-45(40)49)51-47-29-15-28-46-48(47)39-23-10-14-27-44(39)50(46)42-25-12-7-20-36(42)37-21-8-13-26-43(37)50;1-5-14-29-24(10-1)25-11-2-6-15-30(25)37(29)31-16-7-3-13-28(31)36-32(37)17-9-18-33(36)38-23-20-21-27-26-12-4-8-19-34(26)39-35(27)22-23;1-5-15-27-23(11-1)24-12-2-6-16-28(24)37(27)29-17-7-3-13-25(29)35-30(37)18-9-19-31(35)38-32-20-10-22-34-36(32)26-14-4-8-21-33(26)39-34/h1-32,51H;2*1-22,38H. The zero-order chi connectivity index (χ0) is 84.7. The van der Waals surface area contributed by atoms with Gasteiger partial charge in [0.05, 0.1) is 21.7 Å². The van der Waals surface area contributed by atoms with Gasteiger partial charge < -0.3 is 20.4 Å². The summed E-state index contributed by atoms with van der Waals surface area (Å²) < 4.78 is 8.83. The van der Waals surface area contributed by atoms with Crippen molar-refractivity contribution in [3.8, 4) is 77.9 Å². The van der Waals surface area contributed by atoms with Crippen LogP contribution in [-0.2, 0) is 21.7 Å². The number of fused-ring (bicyclic) bond motifs is 39. The van der Waals surface area contributed by atoms with Gasteiger partial charge in [-0.1, -0.05) is 388 Å². The first-order valence-corrected chi connectivity index (χ1v) is 45.6. The molecular formula is C124H79N3OS. The van der Waals surface area contributed by atoms with Gasteiger partial charge in [0.25, 0.3) is 0 Å². The number of thiophene rings is 1. The van der Waals surface area contributed by atoms with Crippen molar-refractivity contribution in [2.75, 3.05) is 16.0 Å². The molecule has 7 aliphatic carbocycles. The molecule has 4 nitrogen and oxygen atoms in total. The van der Waals surface area contributed by atoms with Gasteiger partial charge in [-0.05, 0) is 217 Å². The molecule has 0 atom stereocenters. The van der Waals surface area contributed by atoms with Crippen LogP contribution in [0.25, 0.3) is 120 Å². The molecule has 129 heavy (non-hydrogen) atoms. The van der Waals surface area contributed by atoms with Crippen LogP contribution >= 0.6 is 11.3 Å². The number of benzene rings is 20. The molecule has 5 heteroatoms. The fourth-order valence-electron chi connectivity index (χ4n) is 24.4. The number of furan rings is 1. The predicted octanol–water partition coefficient (Wildman–Crippen LogP) is 32.0. The summed E-state index contributed by atoms with van der Waals surface area (Å²) in [6, 6.07) is 169. The Labute approximate surface area is 752 Å². The summed E-state index contributed by atoms with van der Waals surface area (Å²) in [5.74, 6) is 0. The Hall–Kier alpha value is -16.2. The van der Waals surface area contributed by atoms with Gasteiger partial charge in [-0.15, -0.1) is 11.3 Å². The van der Waals surface area contributed by atoms with Crippen LogP contribution in [-0.4, -0.2) is 0 Å². The quantitative estimate of drug-likeness (QED) is 0.142. The van der Waals surface area contributed by atoms with Crippen LogP contribution < -0.4 is 16.0 Å². The molecule has 3 spiro atoms. The highest BCUT2D eigenvalue weighted by molar-refractivity contribution is 7.26. The third-order valence-electron chi connectivity index (χ3n) is 29.1. The Morgan fingerprint density at radius 3 is 0.915 bits per heavy atom. The monoisotopic (exact) mass is 1660 g/mol. The molecule has 20 aromatic carbocycles. The Kier molecular flexibility index (Phi) is 16.0. The molecule has 7 aliphatic rings. The summed E-state index contributed by atoms with van der Waals surface area (Å²) in [5, 5.41) is 16.6. The lowest BCUT2D eigenvalue weighted by atomic mass is 9.68. The predicted molar refractivity (Wildman–Crippen MR) is 535 cm³/mol. The Morgan fingerprint density at radius 2 is 0.473 bits per heavy atom. The van der Waals surface area contributed by atoms with Crippen LogP contribution in [0.5, 0.6) is 0 Å². The van der Waals surface area contributed by atoms with Gasteiger partial charge in [-0.25, -0.2) is 0 Å². The van der Waals surface area contributed by atoms with E-state index in [9.17, 15) is 0 Å². The minimum Gasteiger partial charge on any atom is -0.456 e. The molecule has 602 valence electrons. The van der Waals surface area contributed by atoms with Crippen molar-refractivity contribution in [3.05, 3.63) is 550 Å². The minimum atomic E-state index is -0.407. The third kappa shape index (κ3) is 10.1. The van der Waals surface area contributed by atoms with Crippen molar-refractivity contribution in [3.63, 3.8) is 0 Å². The second kappa shape index (κ2) is 28.2. The van der Waals surface area contributed by atoms with Gasteiger partial charge in [0, 0.05) is 87.8 Å². The molecule has 22 aromatic rings. The van der Waals surface area contributed by atoms with E-state index in [4.69, 9.17) is 4.42 Å². The van der Waals surface area contributed by atoms with Gasteiger partial charge in [0.2, 0.25) is 0 Å². The van der Waals surface area contributed by atoms with E-state index in [0.29, 0.717) is 0 Å². The summed E-state index contributed by atoms with van der Waals surface area (Å²) in [6.45, 7) is 0. The molecule has 3 N–H and O–H groups in total. The van der Waals surface area contributed by atoms with Crippen molar-refractivity contribution < 1.29 is 4.42 Å². The largest absolute Gasteiger partial charge is 0.456 e. The lowest BCUT2D eigenvalue weighted by molar-refractivity contribution is 0.669. The number of para-hydroxylation sites is 1. The van der Waals surface area contributed by atoms with E-state index in [0.717, 1.165) is 56.1 Å². The van der Waals surface area contributed by atoms with Gasteiger partial charge in [-0.3, -0.25) is 0 Å². The molecule has 0 bridgehead atoms. The summed E-state index contributed by atoms with van der Waals surface area (Å²) in [5.41, 5.74) is 46.8. The van der Waals surface area contributed by atoms with E-state index in [1.165, 1.54) is 187 Å². The van der Waals surface area contributed by atoms with E-state index in [1.807, 2.05) is 23.5 Å². The molecule has 0 aliphatic heterocycles. The van der Waals surface area contributed by atoms with Crippen molar-refractivity contribution >= 4 is 87.6 Å². The van der Waals surface area contributed by atoms with Crippen LogP contribution in [0.3, 0.4) is 0 Å². The van der Waals surface area contributed by atoms with Crippen LogP contribution in [0.1, 0.15) is 89.0 Å². The number of nitrogens with one attached hydrogen (secondary N) is 3. The van der Waals surface area contributed by atoms with Crippen molar-refractivity contribution in [2.45, 2.75) is 21.7 Å². The lowest BCUT2D eigenvalue weighted by Crippen LogP contribution is -2.28. The van der Waals surface area contributed by atoms with Crippen molar-refractivity contribution in [1.82, 2.24) is 0 Å². The van der Waals surface area contributed by atoms with E-state index in [1.54, 1.807) is 0 Å². The number of anilines is 6. The Morgan fingerprint density at radius 1 is 0.178 bits per heavy atom. The molecule has 2 aromatic heterocycles. The summed E-state index contributed by atoms with van der Waals surface area (Å²) in [6.07, 6.45) is 0. The highest BCUT2D eigenvalue weighted by Gasteiger charge is 2.56. The highest BCUT2D eigenvalue weighted by atomic mass is 32.1. The summed E-state index contributed by atoms with van der Waals surface area (Å²) in [7, 11) is 0. The second-order valence-corrected chi connectivity index (χ2v) is 36.2. The van der Waals surface area contributed by atoms with Crippen molar-refractivity contribution in [2.24, 2.45) is 0 Å². The first kappa shape index (κ1) is 73.2. The number of hydrogen-bond acceptors (Lipinski definition) is 5. The smallest absolute Gasteiger partial charge is 0.137 e. The summed E-state index contributed by atoms with van der Waals surface area (Å²) >= 11 is 1.86. The molecule has 0 saturated carbocycles. The highest BCUT2D eigenvalue weighted by Crippen LogP contribution is 2.69. The van der Waals surface area contributed by atoms with Gasteiger partial charge >= 0.3 is 0 Å². The average molecular weight is 1660 g/mol. The normalized spacial score (nSPS) is 14.1. The van der Waals surface area contributed by atoms with Crippen LogP contribution in [0.15, 0.2) is 465 Å². The molecular weight excluding hydrogens is 1580 g/mol. The fraction of sp³-hybridized carbons (Fsp3) is 0.0323. The zero-order valence-electron chi connectivity index (χ0n) is 70.2. The van der Waals surface area contributed by atoms with E-state index in [-0.39, 0.29) is 16.2 Å². The Bertz CT molecular complexity index is 8280. The molecule has 29 rings (SSSR count). The average Bonchev–Trinajstić information content (AvgIpc) is 1.50. The number of hydrogen-bond donors (Lipinski definition) is 3. The zero-order valence-corrected chi connectivity index (χ0v) is 71.0. The first-order chi connectivity index (χ1) is 64.0. The van der Waals surface area contributed by atoms with E-state index >= 15 is 0 Å². The van der Waals surface area contributed by atoms with Crippen molar-refractivity contribution in [1.29, 1.82) is 0 Å². The Balaban J connectivity index is 0.000000101. The van der Waals surface area contributed by atoms with E-state index < -0.39 is 5.41 Å². The molecule has 2 heterocycles. The fourth-order valence-corrected chi connectivity index (χ4v) is 25.5. The topological polar surface area (TPSA) is 49.2 Å². The van der Waals surface area contributed by atoms with E-state index in [2.05, 4.69) is 465 Å². The van der Waals surface area contributed by atoms with Gasteiger partial charge in [0.15, 0.2) is 0 Å². The van der Waals surface area contributed by atoms with Crippen LogP contribution in [0.4, 0.5) is 34.1 Å². The molecule has 0 unspecified atom stereocenters. The maximum Gasteiger partial charge on any atom is 0.137 e. The molecule has 0 fully saturated rings. The second-order valence-electron chi connectivity index (χ2n) is 35.1. The molecule has 0 amide bonds. The van der Waals surface area contributed by atoms with Gasteiger partial charge in [-0.2, -0.15) is 0 Å². The van der Waals surface area contributed by atoms with Crippen LogP contribution in [0.2, 0.25) is 0 Å². The SMILES string of the molecule is c1ccc(C2(c3ccccc3)c3ccccc3-c3cc(Nc4cccc5c4-c4ccccc4C54c5ccccc5-c5ccccc54)ccc32)cc1.c1ccc2c(c1)-c1ccccc1C21c2ccccc2-c2c(Nc3ccc4c(c3)oc3ccccc34)cccc21.c1ccc2c(c1)-c1ccccc1C21c2ccccc2-c2c(Nc3cccc4sc5ccccc5c34)cccc21.